The second kappa shape index (κ2) is 7.48. The molecule has 6 heteroatoms. The van der Waals surface area contributed by atoms with Gasteiger partial charge in [-0.15, -0.1) is 0 Å². The van der Waals surface area contributed by atoms with Crippen LogP contribution >= 0.6 is 0 Å². The number of hydrogen-bond acceptors (Lipinski definition) is 5. The first-order valence-electron chi connectivity index (χ1n) is 9.44. The van der Waals surface area contributed by atoms with E-state index in [2.05, 4.69) is 46.3 Å². The number of fused-ring (bicyclic) bond motifs is 2. The Morgan fingerprint density at radius 3 is 3.04 bits per heavy atom. The van der Waals surface area contributed by atoms with Crippen molar-refractivity contribution in [2.75, 3.05) is 13.7 Å². The van der Waals surface area contributed by atoms with Crippen molar-refractivity contribution in [3.8, 4) is 0 Å². The van der Waals surface area contributed by atoms with Gasteiger partial charge in [0.25, 0.3) is 0 Å². The smallest absolute Gasteiger partial charge is 0.343 e. The first-order valence-corrected chi connectivity index (χ1v) is 9.44. The van der Waals surface area contributed by atoms with Crippen molar-refractivity contribution in [3.05, 3.63) is 65.1 Å². The minimum Gasteiger partial charge on any atom is -0.462 e. The Labute approximate surface area is 158 Å². The van der Waals surface area contributed by atoms with Crippen LogP contribution in [0, 0.1) is 0 Å². The summed E-state index contributed by atoms with van der Waals surface area (Å²) in [6.45, 7) is 2.90. The van der Waals surface area contributed by atoms with Crippen LogP contribution in [-0.2, 0) is 17.7 Å². The number of rotatable bonds is 5. The quantitative estimate of drug-likeness (QED) is 0.649. The molecule has 1 atom stereocenters. The van der Waals surface area contributed by atoms with Crippen molar-refractivity contribution in [2.24, 2.45) is 0 Å². The Morgan fingerprint density at radius 1 is 1.33 bits per heavy atom. The Bertz CT molecular complexity index is 966. The summed E-state index contributed by atoms with van der Waals surface area (Å²) >= 11 is 0. The van der Waals surface area contributed by atoms with E-state index < -0.39 is 0 Å². The summed E-state index contributed by atoms with van der Waals surface area (Å²) in [5.74, 6) is -0.385. The number of carbonyl (C=O) groups is 1. The average molecular weight is 364 g/mol. The lowest BCUT2D eigenvalue weighted by Gasteiger charge is -2.33. The molecule has 0 saturated heterocycles. The molecule has 2 aromatic heterocycles. The minimum absolute atomic E-state index is 0.335. The van der Waals surface area contributed by atoms with Crippen molar-refractivity contribution in [2.45, 2.75) is 38.8 Å². The van der Waals surface area contributed by atoms with Crippen LogP contribution < -0.4 is 0 Å². The maximum atomic E-state index is 12.0. The van der Waals surface area contributed by atoms with Crippen molar-refractivity contribution < 1.29 is 9.53 Å². The standard InChI is InChI=1S/C21H24N4O2/c1-3-27-21(26)18-12-23-25-14-15(11-22-20(18)25)13-24(2)19-10-6-8-16-7-4-5-9-17(16)19/h4-5,7,9,11-12,14,19H,3,6,8,10,13H2,1-2H3. The Morgan fingerprint density at radius 2 is 2.19 bits per heavy atom. The predicted molar refractivity (Wildman–Crippen MR) is 103 cm³/mol. The number of carbonyl (C=O) groups excluding carboxylic acids is 1. The molecule has 3 aromatic rings. The molecule has 4 rings (SSSR count). The minimum atomic E-state index is -0.385. The maximum absolute atomic E-state index is 12.0. The molecule has 0 N–H and O–H groups in total. The second-order valence-corrected chi connectivity index (χ2v) is 7.03. The van der Waals surface area contributed by atoms with Crippen LogP contribution in [0.15, 0.2) is 42.9 Å². The van der Waals surface area contributed by atoms with Gasteiger partial charge < -0.3 is 4.74 Å². The third-order valence-electron chi connectivity index (χ3n) is 5.21. The van der Waals surface area contributed by atoms with E-state index in [1.807, 2.05) is 12.4 Å². The van der Waals surface area contributed by atoms with Crippen molar-refractivity contribution in [1.82, 2.24) is 19.5 Å². The van der Waals surface area contributed by atoms with Gasteiger partial charge in [0, 0.05) is 30.5 Å². The molecule has 0 amide bonds. The van der Waals surface area contributed by atoms with Crippen LogP contribution in [0.2, 0.25) is 0 Å². The molecule has 27 heavy (non-hydrogen) atoms. The molecular weight excluding hydrogens is 340 g/mol. The zero-order valence-electron chi connectivity index (χ0n) is 15.8. The monoisotopic (exact) mass is 364 g/mol. The molecule has 0 spiro atoms. The zero-order valence-corrected chi connectivity index (χ0v) is 15.8. The molecule has 1 aliphatic carbocycles. The van der Waals surface area contributed by atoms with E-state index >= 15 is 0 Å². The topological polar surface area (TPSA) is 59.7 Å². The van der Waals surface area contributed by atoms with E-state index in [1.54, 1.807) is 11.4 Å². The molecule has 2 heterocycles. The Kier molecular flexibility index (Phi) is 4.90. The van der Waals surface area contributed by atoms with Gasteiger partial charge in [0.1, 0.15) is 5.56 Å². The Balaban J connectivity index is 1.55. The summed E-state index contributed by atoms with van der Waals surface area (Å²) in [7, 11) is 2.16. The highest BCUT2D eigenvalue weighted by Crippen LogP contribution is 2.34. The van der Waals surface area contributed by atoms with Gasteiger partial charge in [-0.1, -0.05) is 24.3 Å². The van der Waals surface area contributed by atoms with E-state index in [0.717, 1.165) is 24.9 Å². The van der Waals surface area contributed by atoms with Crippen molar-refractivity contribution in [1.29, 1.82) is 0 Å². The van der Waals surface area contributed by atoms with Gasteiger partial charge in [-0.3, -0.25) is 4.90 Å². The lowest BCUT2D eigenvalue weighted by atomic mass is 9.87. The summed E-state index contributed by atoms with van der Waals surface area (Å²) in [6, 6.07) is 9.15. The summed E-state index contributed by atoms with van der Waals surface area (Å²) in [6.07, 6.45) is 8.83. The zero-order chi connectivity index (χ0) is 18.8. The molecule has 0 radical (unpaired) electrons. The van der Waals surface area contributed by atoms with E-state index in [9.17, 15) is 4.79 Å². The highest BCUT2D eigenvalue weighted by atomic mass is 16.5. The molecule has 140 valence electrons. The third kappa shape index (κ3) is 3.45. The van der Waals surface area contributed by atoms with Crippen LogP contribution in [-0.4, -0.2) is 39.1 Å². The number of aryl methyl sites for hydroxylation is 1. The highest BCUT2D eigenvalue weighted by Gasteiger charge is 2.23. The van der Waals surface area contributed by atoms with Crippen LogP contribution in [0.25, 0.3) is 5.65 Å². The summed E-state index contributed by atoms with van der Waals surface area (Å²) in [5, 5.41) is 4.27. The molecule has 1 aromatic carbocycles. The first-order chi connectivity index (χ1) is 13.2. The van der Waals surface area contributed by atoms with Crippen LogP contribution in [0.4, 0.5) is 0 Å². The number of ether oxygens (including phenoxy) is 1. The molecule has 0 saturated carbocycles. The third-order valence-corrected chi connectivity index (χ3v) is 5.21. The summed E-state index contributed by atoms with van der Waals surface area (Å²) in [4.78, 5) is 18.8. The predicted octanol–water partition coefficient (Wildman–Crippen LogP) is 3.42. The van der Waals surface area contributed by atoms with E-state index in [0.29, 0.717) is 23.9 Å². The van der Waals surface area contributed by atoms with Crippen LogP contribution in [0.3, 0.4) is 0 Å². The number of nitrogens with zero attached hydrogens (tertiary/aromatic N) is 4. The molecule has 0 bridgehead atoms. The van der Waals surface area contributed by atoms with Gasteiger partial charge in [-0.25, -0.2) is 14.3 Å². The van der Waals surface area contributed by atoms with Gasteiger partial charge in [0.05, 0.1) is 12.8 Å². The number of aromatic nitrogens is 3. The van der Waals surface area contributed by atoms with Gasteiger partial charge in [0.15, 0.2) is 5.65 Å². The van der Waals surface area contributed by atoms with E-state index in [4.69, 9.17) is 4.74 Å². The number of esters is 1. The maximum Gasteiger partial charge on any atom is 0.343 e. The lowest BCUT2D eigenvalue weighted by Crippen LogP contribution is -2.27. The van der Waals surface area contributed by atoms with Gasteiger partial charge in [-0.2, -0.15) is 5.10 Å². The fourth-order valence-corrected chi connectivity index (χ4v) is 3.93. The van der Waals surface area contributed by atoms with Gasteiger partial charge in [-0.05, 0) is 44.4 Å². The van der Waals surface area contributed by atoms with Crippen LogP contribution in [0.5, 0.6) is 0 Å². The van der Waals surface area contributed by atoms with Crippen molar-refractivity contribution >= 4 is 11.6 Å². The number of benzene rings is 1. The van der Waals surface area contributed by atoms with E-state index in [1.165, 1.54) is 23.7 Å². The van der Waals surface area contributed by atoms with E-state index in [-0.39, 0.29) is 5.97 Å². The molecule has 1 unspecified atom stereocenters. The SMILES string of the molecule is CCOC(=O)c1cnn2cc(CN(C)C3CCCc4ccccc43)cnc12. The lowest BCUT2D eigenvalue weighted by molar-refractivity contribution is 0.0528. The van der Waals surface area contributed by atoms with Gasteiger partial charge >= 0.3 is 5.97 Å². The molecule has 0 fully saturated rings. The molecule has 6 nitrogen and oxygen atoms in total. The first kappa shape index (κ1) is 17.7. The normalized spacial score (nSPS) is 16.5. The number of hydrogen-bond donors (Lipinski definition) is 0. The fraction of sp³-hybridized carbons (Fsp3) is 0.381. The van der Waals surface area contributed by atoms with Crippen LogP contribution in [0.1, 0.15) is 52.9 Å². The summed E-state index contributed by atoms with van der Waals surface area (Å²) in [5.41, 5.74) is 4.89. The fourth-order valence-electron chi connectivity index (χ4n) is 3.93. The molecule has 1 aliphatic rings. The summed E-state index contributed by atoms with van der Waals surface area (Å²) < 4.78 is 6.72. The average Bonchev–Trinajstić information content (AvgIpc) is 3.11. The Hall–Kier alpha value is -2.73. The van der Waals surface area contributed by atoms with Crippen molar-refractivity contribution in [3.63, 3.8) is 0 Å². The highest BCUT2D eigenvalue weighted by molar-refractivity contribution is 5.95. The largest absolute Gasteiger partial charge is 0.462 e. The molecular formula is C21H24N4O2. The second-order valence-electron chi connectivity index (χ2n) is 7.03. The molecule has 0 aliphatic heterocycles. The van der Waals surface area contributed by atoms with Gasteiger partial charge in [0.2, 0.25) is 0 Å².